The van der Waals surface area contributed by atoms with E-state index < -0.39 is 0 Å². The fraction of sp³-hybridized carbons (Fsp3) is 0.696. The maximum absolute atomic E-state index is 9.72. The first-order chi connectivity index (χ1) is 13.7. The summed E-state index contributed by atoms with van der Waals surface area (Å²) in [5.74, 6) is 0.894. The predicted octanol–water partition coefficient (Wildman–Crippen LogP) is 3.42. The van der Waals surface area contributed by atoms with Crippen LogP contribution in [0.2, 0.25) is 0 Å². The number of hydrogen-bond acceptors (Lipinski definition) is 3. The van der Waals surface area contributed by atoms with Crippen molar-refractivity contribution >= 4 is 5.96 Å². The van der Waals surface area contributed by atoms with Crippen LogP contribution in [-0.2, 0) is 13.1 Å². The summed E-state index contributed by atoms with van der Waals surface area (Å²) >= 11 is 0. The van der Waals surface area contributed by atoms with Gasteiger partial charge in [-0.15, -0.1) is 0 Å². The molecule has 1 heterocycles. The molecule has 1 aromatic rings. The van der Waals surface area contributed by atoms with Crippen molar-refractivity contribution in [3.8, 4) is 0 Å². The van der Waals surface area contributed by atoms with Gasteiger partial charge in [-0.05, 0) is 70.0 Å². The number of likely N-dealkylation sites (tertiary alicyclic amines) is 1. The van der Waals surface area contributed by atoms with Gasteiger partial charge in [-0.1, -0.05) is 30.7 Å². The molecule has 1 aliphatic carbocycles. The summed E-state index contributed by atoms with van der Waals surface area (Å²) in [6, 6.07) is 9.82. The molecule has 5 heteroatoms. The SMILES string of the molecule is CCNC(=NCc1ccccc1CN1CCCCC1C)NC1CCC(O)CC1. The Kier molecular flexibility index (Phi) is 8.16. The van der Waals surface area contributed by atoms with Gasteiger partial charge in [0.1, 0.15) is 0 Å². The Balaban J connectivity index is 1.63. The standard InChI is InChI=1S/C23H38N4O/c1-3-24-23(26-21-11-13-22(28)14-12-21)25-16-19-9-4-5-10-20(19)17-27-15-7-6-8-18(27)2/h4-5,9-10,18,21-22,28H,3,6-8,11-17H2,1-2H3,(H2,24,25,26). The number of nitrogens with zero attached hydrogens (tertiary/aromatic N) is 2. The highest BCUT2D eigenvalue weighted by Crippen LogP contribution is 2.21. The van der Waals surface area contributed by atoms with E-state index in [0.717, 1.165) is 44.7 Å². The second kappa shape index (κ2) is 10.8. The molecule has 1 aliphatic heterocycles. The van der Waals surface area contributed by atoms with Crippen molar-refractivity contribution in [3.05, 3.63) is 35.4 Å². The molecule has 0 aromatic heterocycles. The van der Waals surface area contributed by atoms with E-state index >= 15 is 0 Å². The lowest BCUT2D eigenvalue weighted by Crippen LogP contribution is -2.45. The zero-order chi connectivity index (χ0) is 19.8. The average Bonchev–Trinajstić information content (AvgIpc) is 2.71. The Hall–Kier alpha value is -1.59. The zero-order valence-corrected chi connectivity index (χ0v) is 17.7. The van der Waals surface area contributed by atoms with Crippen molar-refractivity contribution in [2.75, 3.05) is 13.1 Å². The lowest BCUT2D eigenvalue weighted by Gasteiger charge is -2.33. The Morgan fingerprint density at radius 2 is 1.86 bits per heavy atom. The first kappa shape index (κ1) is 21.1. The third-order valence-corrected chi connectivity index (χ3v) is 6.22. The van der Waals surface area contributed by atoms with Crippen molar-refractivity contribution in [1.29, 1.82) is 0 Å². The minimum absolute atomic E-state index is 0.123. The molecule has 2 fully saturated rings. The maximum atomic E-state index is 9.72. The van der Waals surface area contributed by atoms with Crippen LogP contribution >= 0.6 is 0 Å². The van der Waals surface area contributed by atoms with Gasteiger partial charge in [0.05, 0.1) is 12.6 Å². The van der Waals surface area contributed by atoms with Crippen molar-refractivity contribution in [1.82, 2.24) is 15.5 Å². The van der Waals surface area contributed by atoms with Crippen molar-refractivity contribution in [2.24, 2.45) is 4.99 Å². The number of aliphatic hydroxyl groups is 1. The fourth-order valence-electron chi connectivity index (χ4n) is 4.38. The highest BCUT2D eigenvalue weighted by atomic mass is 16.3. The summed E-state index contributed by atoms with van der Waals surface area (Å²) in [6.07, 6.45) is 7.65. The predicted molar refractivity (Wildman–Crippen MR) is 116 cm³/mol. The Labute approximate surface area is 170 Å². The minimum Gasteiger partial charge on any atom is -0.393 e. The Bertz CT molecular complexity index is 625. The molecule has 28 heavy (non-hydrogen) atoms. The van der Waals surface area contributed by atoms with Crippen LogP contribution in [0.5, 0.6) is 0 Å². The van der Waals surface area contributed by atoms with Gasteiger partial charge in [0, 0.05) is 25.2 Å². The summed E-state index contributed by atoms with van der Waals surface area (Å²) in [5, 5.41) is 16.7. The van der Waals surface area contributed by atoms with E-state index in [0.29, 0.717) is 18.6 Å². The minimum atomic E-state index is -0.123. The number of aliphatic hydroxyl groups excluding tert-OH is 1. The number of piperidine rings is 1. The van der Waals surface area contributed by atoms with Crippen LogP contribution in [0.3, 0.4) is 0 Å². The van der Waals surface area contributed by atoms with E-state index in [4.69, 9.17) is 4.99 Å². The molecule has 5 nitrogen and oxygen atoms in total. The second-order valence-electron chi connectivity index (χ2n) is 8.43. The van der Waals surface area contributed by atoms with Crippen LogP contribution in [0.25, 0.3) is 0 Å². The fourth-order valence-corrected chi connectivity index (χ4v) is 4.38. The molecule has 156 valence electrons. The highest BCUT2D eigenvalue weighted by Gasteiger charge is 2.21. The second-order valence-corrected chi connectivity index (χ2v) is 8.43. The Morgan fingerprint density at radius 1 is 1.11 bits per heavy atom. The van der Waals surface area contributed by atoms with E-state index in [1.165, 1.54) is 36.9 Å². The van der Waals surface area contributed by atoms with Gasteiger partial charge in [-0.2, -0.15) is 0 Å². The lowest BCUT2D eigenvalue weighted by molar-refractivity contribution is 0.120. The number of nitrogens with one attached hydrogen (secondary N) is 2. The molecule has 0 spiro atoms. The van der Waals surface area contributed by atoms with Crippen molar-refractivity contribution < 1.29 is 5.11 Å². The normalized spacial score (nSPS) is 26.8. The topological polar surface area (TPSA) is 59.9 Å². The van der Waals surface area contributed by atoms with E-state index in [-0.39, 0.29) is 6.10 Å². The first-order valence-corrected chi connectivity index (χ1v) is 11.2. The molecule has 0 bridgehead atoms. The molecular formula is C23H38N4O. The van der Waals surface area contributed by atoms with Crippen LogP contribution in [0.4, 0.5) is 0 Å². The van der Waals surface area contributed by atoms with Crippen LogP contribution < -0.4 is 10.6 Å². The van der Waals surface area contributed by atoms with Gasteiger partial charge in [0.15, 0.2) is 5.96 Å². The largest absolute Gasteiger partial charge is 0.393 e. The number of aliphatic imine (C=N–C) groups is 1. The van der Waals surface area contributed by atoms with Crippen molar-refractivity contribution in [3.63, 3.8) is 0 Å². The van der Waals surface area contributed by atoms with Crippen molar-refractivity contribution in [2.45, 2.75) is 90.1 Å². The third-order valence-electron chi connectivity index (χ3n) is 6.22. The average molecular weight is 387 g/mol. The van der Waals surface area contributed by atoms with Gasteiger partial charge < -0.3 is 15.7 Å². The van der Waals surface area contributed by atoms with Crippen LogP contribution in [0.15, 0.2) is 29.3 Å². The van der Waals surface area contributed by atoms with E-state index in [9.17, 15) is 5.11 Å². The highest BCUT2D eigenvalue weighted by molar-refractivity contribution is 5.80. The number of guanidine groups is 1. The molecule has 1 aromatic carbocycles. The quantitative estimate of drug-likeness (QED) is 0.518. The molecule has 3 N–H and O–H groups in total. The summed E-state index contributed by atoms with van der Waals surface area (Å²) in [4.78, 5) is 7.50. The monoisotopic (exact) mass is 386 g/mol. The molecule has 1 saturated heterocycles. The molecule has 1 unspecified atom stereocenters. The van der Waals surface area contributed by atoms with Gasteiger partial charge in [-0.3, -0.25) is 4.90 Å². The smallest absolute Gasteiger partial charge is 0.191 e. The molecule has 0 amide bonds. The molecule has 0 radical (unpaired) electrons. The summed E-state index contributed by atoms with van der Waals surface area (Å²) in [7, 11) is 0. The Morgan fingerprint density at radius 3 is 2.57 bits per heavy atom. The summed E-state index contributed by atoms with van der Waals surface area (Å²) in [5.41, 5.74) is 2.72. The molecule has 3 rings (SSSR count). The van der Waals surface area contributed by atoms with E-state index in [2.05, 4.69) is 53.6 Å². The molecule has 1 atom stereocenters. The first-order valence-electron chi connectivity index (χ1n) is 11.2. The van der Waals surface area contributed by atoms with Crippen LogP contribution in [0.1, 0.15) is 69.9 Å². The summed E-state index contributed by atoms with van der Waals surface area (Å²) in [6.45, 7) is 8.24. The van der Waals surface area contributed by atoms with Gasteiger partial charge in [0.25, 0.3) is 0 Å². The van der Waals surface area contributed by atoms with Gasteiger partial charge in [-0.25, -0.2) is 4.99 Å². The van der Waals surface area contributed by atoms with Crippen LogP contribution in [0, 0.1) is 0 Å². The van der Waals surface area contributed by atoms with E-state index in [1.54, 1.807) is 0 Å². The number of hydrogen-bond donors (Lipinski definition) is 3. The van der Waals surface area contributed by atoms with Gasteiger partial charge in [0.2, 0.25) is 0 Å². The third kappa shape index (κ3) is 6.21. The van der Waals surface area contributed by atoms with Gasteiger partial charge >= 0.3 is 0 Å². The molecule has 2 aliphatic rings. The summed E-state index contributed by atoms with van der Waals surface area (Å²) < 4.78 is 0. The zero-order valence-electron chi connectivity index (χ0n) is 17.7. The van der Waals surface area contributed by atoms with Crippen LogP contribution in [-0.4, -0.2) is 47.2 Å². The number of benzene rings is 1. The lowest BCUT2D eigenvalue weighted by atomic mass is 9.93. The van der Waals surface area contributed by atoms with E-state index in [1.807, 2.05) is 0 Å². The molecular weight excluding hydrogens is 348 g/mol. The maximum Gasteiger partial charge on any atom is 0.191 e. The molecule has 1 saturated carbocycles. The number of rotatable bonds is 6.